The highest BCUT2D eigenvalue weighted by Crippen LogP contribution is 2.34. The number of alkyl halides is 1. The Labute approximate surface area is 143 Å². The zero-order valence-corrected chi connectivity index (χ0v) is 14.1. The van der Waals surface area contributed by atoms with Gasteiger partial charge in [0.2, 0.25) is 0 Å². The number of anilines is 1. The van der Waals surface area contributed by atoms with Crippen LogP contribution in [0.2, 0.25) is 0 Å². The summed E-state index contributed by atoms with van der Waals surface area (Å²) >= 11 is 0. The summed E-state index contributed by atoms with van der Waals surface area (Å²) in [6.07, 6.45) is -2.79. The van der Waals surface area contributed by atoms with E-state index in [1.165, 1.54) is 17.2 Å². The molecular weight excluding hydrogens is 333 g/mol. The average Bonchev–Trinajstić information content (AvgIpc) is 3.08. The van der Waals surface area contributed by atoms with Gasteiger partial charge in [0, 0.05) is 0 Å². The fourth-order valence-corrected chi connectivity index (χ4v) is 2.50. The van der Waals surface area contributed by atoms with Crippen LogP contribution in [0.5, 0.6) is 0 Å². The van der Waals surface area contributed by atoms with E-state index >= 15 is 0 Å². The number of hydrogen-bond acceptors (Lipinski definition) is 8. The monoisotopic (exact) mass is 353 g/mol. The van der Waals surface area contributed by atoms with E-state index in [-0.39, 0.29) is 12.4 Å². The number of fused-ring (bicyclic) bond motifs is 1. The first-order chi connectivity index (χ1) is 11.7. The van der Waals surface area contributed by atoms with E-state index in [1.54, 1.807) is 20.8 Å². The summed E-state index contributed by atoms with van der Waals surface area (Å²) in [6.45, 7) is 4.84. The third-order valence-electron chi connectivity index (χ3n) is 3.95. The molecule has 1 aliphatic rings. The molecule has 0 bridgehead atoms. The Kier molecular flexibility index (Phi) is 4.33. The second-order valence-corrected chi connectivity index (χ2v) is 6.93. The molecule has 9 nitrogen and oxygen atoms in total. The van der Waals surface area contributed by atoms with Crippen molar-refractivity contribution in [2.45, 2.75) is 45.4 Å². The Morgan fingerprint density at radius 2 is 2.16 bits per heavy atom. The van der Waals surface area contributed by atoms with E-state index in [0.29, 0.717) is 11.2 Å². The first-order valence-electron chi connectivity index (χ1n) is 7.78. The third kappa shape index (κ3) is 3.14. The number of imidazole rings is 1. The van der Waals surface area contributed by atoms with Crippen molar-refractivity contribution < 1.29 is 23.8 Å². The van der Waals surface area contributed by atoms with E-state index in [0.717, 1.165) is 0 Å². The maximum Gasteiger partial charge on any atom is 0.311 e. The van der Waals surface area contributed by atoms with Gasteiger partial charge in [-0.15, -0.1) is 0 Å². The average molecular weight is 353 g/mol. The summed E-state index contributed by atoms with van der Waals surface area (Å²) in [5.41, 5.74) is 5.62. The molecule has 10 heteroatoms. The Morgan fingerprint density at radius 3 is 2.84 bits per heavy atom. The highest BCUT2D eigenvalue weighted by atomic mass is 19.1. The van der Waals surface area contributed by atoms with E-state index in [2.05, 4.69) is 15.0 Å². The Hall–Kier alpha value is -2.33. The number of hydrogen-bond donors (Lipinski definition) is 2. The number of aromatic nitrogens is 4. The lowest BCUT2D eigenvalue weighted by Crippen LogP contribution is -2.34. The third-order valence-corrected chi connectivity index (χ3v) is 3.95. The summed E-state index contributed by atoms with van der Waals surface area (Å²) in [4.78, 5) is 23.7. The van der Waals surface area contributed by atoms with Crippen molar-refractivity contribution in [1.29, 1.82) is 0 Å². The van der Waals surface area contributed by atoms with Crippen molar-refractivity contribution in [3.8, 4) is 0 Å². The zero-order valence-electron chi connectivity index (χ0n) is 14.1. The molecule has 3 heterocycles. The van der Waals surface area contributed by atoms with Gasteiger partial charge in [-0.3, -0.25) is 9.36 Å². The van der Waals surface area contributed by atoms with E-state index in [1.807, 2.05) is 0 Å². The SMILES string of the molecule is CC(C)(C)C(=O)OC[C@H]1O[C@@H](n2cnc3c(N)ncnc32)[C@H](F)[C@@H]1O. The molecule has 3 N–H and O–H groups in total. The second kappa shape index (κ2) is 6.19. The van der Waals surface area contributed by atoms with Crippen molar-refractivity contribution >= 4 is 23.0 Å². The molecule has 1 fully saturated rings. The fourth-order valence-electron chi connectivity index (χ4n) is 2.50. The van der Waals surface area contributed by atoms with E-state index in [9.17, 15) is 14.3 Å². The van der Waals surface area contributed by atoms with Crippen LogP contribution in [0.3, 0.4) is 0 Å². The van der Waals surface area contributed by atoms with Gasteiger partial charge < -0.3 is 20.3 Å². The normalized spacial score (nSPS) is 26.9. The van der Waals surface area contributed by atoms with Crippen molar-refractivity contribution in [1.82, 2.24) is 19.5 Å². The summed E-state index contributed by atoms with van der Waals surface area (Å²) in [5, 5.41) is 10.1. The summed E-state index contributed by atoms with van der Waals surface area (Å²) in [7, 11) is 0. The number of aliphatic hydroxyl groups is 1. The number of rotatable bonds is 3. The quantitative estimate of drug-likeness (QED) is 0.768. The second-order valence-electron chi connectivity index (χ2n) is 6.93. The predicted octanol–water partition coefficient (Wildman–Crippen LogP) is 0.594. The number of nitrogen functional groups attached to an aromatic ring is 1. The Morgan fingerprint density at radius 1 is 1.44 bits per heavy atom. The van der Waals surface area contributed by atoms with Gasteiger partial charge in [-0.1, -0.05) is 0 Å². The Bertz CT molecular complexity index is 790. The van der Waals surface area contributed by atoms with Crippen molar-refractivity contribution in [2.75, 3.05) is 12.3 Å². The lowest BCUT2D eigenvalue weighted by atomic mass is 9.97. The molecule has 0 aromatic carbocycles. The molecule has 0 amide bonds. The Balaban J connectivity index is 1.78. The van der Waals surface area contributed by atoms with Crippen LogP contribution in [-0.4, -0.2) is 55.6 Å². The minimum atomic E-state index is -1.74. The fraction of sp³-hybridized carbons (Fsp3) is 0.600. The molecule has 0 radical (unpaired) electrons. The summed E-state index contributed by atoms with van der Waals surface area (Å²) in [5.74, 6) is -0.302. The number of ether oxygens (including phenoxy) is 2. The van der Waals surface area contributed by atoms with Crippen molar-refractivity contribution in [2.24, 2.45) is 5.41 Å². The van der Waals surface area contributed by atoms with Gasteiger partial charge in [-0.2, -0.15) is 0 Å². The molecule has 1 saturated heterocycles. The summed E-state index contributed by atoms with van der Waals surface area (Å²) < 4.78 is 26.6. The molecule has 25 heavy (non-hydrogen) atoms. The molecule has 0 aliphatic carbocycles. The molecule has 2 aromatic heterocycles. The molecule has 3 rings (SSSR count). The number of nitrogens with two attached hydrogens (primary N) is 1. The van der Waals surface area contributed by atoms with Crippen LogP contribution in [0.1, 0.15) is 27.0 Å². The minimum Gasteiger partial charge on any atom is -0.462 e. The molecule has 0 unspecified atom stereocenters. The molecule has 136 valence electrons. The highest BCUT2D eigenvalue weighted by molar-refractivity contribution is 5.81. The predicted molar refractivity (Wildman–Crippen MR) is 85.0 cm³/mol. The van der Waals surface area contributed by atoms with Gasteiger partial charge in [0.1, 0.15) is 30.7 Å². The summed E-state index contributed by atoms with van der Waals surface area (Å²) in [6, 6.07) is 0. The van der Waals surface area contributed by atoms with Crippen molar-refractivity contribution in [3.05, 3.63) is 12.7 Å². The van der Waals surface area contributed by atoms with Crippen LogP contribution in [0.4, 0.5) is 10.2 Å². The molecule has 4 atom stereocenters. The van der Waals surface area contributed by atoms with Crippen LogP contribution >= 0.6 is 0 Å². The number of carbonyl (C=O) groups excluding carboxylic acids is 1. The van der Waals surface area contributed by atoms with Crippen LogP contribution in [-0.2, 0) is 14.3 Å². The first kappa shape index (κ1) is 17.5. The van der Waals surface area contributed by atoms with Crippen LogP contribution in [0.15, 0.2) is 12.7 Å². The molecule has 2 aromatic rings. The lowest BCUT2D eigenvalue weighted by Gasteiger charge is -2.20. The number of halogens is 1. The van der Waals surface area contributed by atoms with E-state index in [4.69, 9.17) is 15.2 Å². The maximum absolute atomic E-state index is 14.5. The molecule has 1 aliphatic heterocycles. The maximum atomic E-state index is 14.5. The van der Waals surface area contributed by atoms with Gasteiger partial charge in [0.05, 0.1) is 11.7 Å². The topological polar surface area (TPSA) is 125 Å². The number of aliphatic hydroxyl groups excluding tert-OH is 1. The first-order valence-corrected chi connectivity index (χ1v) is 7.78. The molecular formula is C15H20FN5O4. The van der Waals surface area contributed by atoms with Crippen molar-refractivity contribution in [3.63, 3.8) is 0 Å². The van der Waals surface area contributed by atoms with Gasteiger partial charge in [0.25, 0.3) is 0 Å². The molecule has 0 saturated carbocycles. The lowest BCUT2D eigenvalue weighted by molar-refractivity contribution is -0.159. The molecule has 0 spiro atoms. The minimum absolute atomic E-state index is 0.161. The number of esters is 1. The van der Waals surface area contributed by atoms with Crippen LogP contribution in [0.25, 0.3) is 11.2 Å². The number of nitrogens with zero attached hydrogens (tertiary/aromatic N) is 4. The smallest absolute Gasteiger partial charge is 0.311 e. The number of carbonyl (C=O) groups is 1. The standard InChI is InChI=1S/C15H20FN5O4/c1-15(2,3)14(23)24-4-7-10(22)8(16)13(25-7)21-6-20-9-11(17)18-5-19-12(9)21/h5-8,10,13,22H,4H2,1-3H3,(H2,17,18,19)/t7-,8-,10-,13-/m1/s1. The van der Waals surface area contributed by atoms with Gasteiger partial charge >= 0.3 is 5.97 Å². The largest absolute Gasteiger partial charge is 0.462 e. The zero-order chi connectivity index (χ0) is 18.4. The van der Waals surface area contributed by atoms with E-state index < -0.39 is 36.0 Å². The highest BCUT2D eigenvalue weighted by Gasteiger charge is 2.46. The van der Waals surface area contributed by atoms with Crippen LogP contribution in [0, 0.1) is 5.41 Å². The van der Waals surface area contributed by atoms with Gasteiger partial charge in [0.15, 0.2) is 23.9 Å². The van der Waals surface area contributed by atoms with Crippen LogP contribution < -0.4 is 5.73 Å². The van der Waals surface area contributed by atoms with Gasteiger partial charge in [-0.25, -0.2) is 19.3 Å². The van der Waals surface area contributed by atoms with Gasteiger partial charge in [-0.05, 0) is 20.8 Å².